The zero-order chi connectivity index (χ0) is 27.1. The molecule has 2 fully saturated rings. The monoisotopic (exact) mass is 545 g/mol. The molecule has 0 aliphatic carbocycles. The van der Waals surface area contributed by atoms with Crippen molar-refractivity contribution in [2.75, 3.05) is 18.9 Å². The maximum absolute atomic E-state index is 12.6. The maximum atomic E-state index is 12.6. The first kappa shape index (κ1) is 27.3. The highest BCUT2D eigenvalue weighted by molar-refractivity contribution is 7.47. The molecule has 0 aromatic carbocycles. The molecule has 0 saturated carbocycles. The lowest BCUT2D eigenvalue weighted by Crippen LogP contribution is -2.33. The van der Waals surface area contributed by atoms with Crippen LogP contribution in [0, 0.1) is 13.8 Å². The number of ether oxygens (including phenoxy) is 2. The first-order chi connectivity index (χ1) is 17.4. The Morgan fingerprint density at radius 2 is 1.78 bits per heavy atom. The first-order valence-corrected chi connectivity index (χ1v) is 12.8. The molecule has 0 amide bonds. The van der Waals surface area contributed by atoms with Crippen molar-refractivity contribution in [2.24, 2.45) is 0 Å². The SMILES string of the molecule is Cc1cn([C@H]2C[C@H](O)[C@@H](COP(=O)(O)O[C@H]3C[C@H](n4cc(C)c(=O)[nH]c4=O)O[C@@H]3CO)O2)c(=O)nc1N. The summed E-state index contributed by atoms with van der Waals surface area (Å²) < 4.78 is 36.3. The van der Waals surface area contributed by atoms with Crippen LogP contribution in [-0.4, -0.2) is 71.8 Å². The zero-order valence-electron chi connectivity index (χ0n) is 19.9. The maximum Gasteiger partial charge on any atom is 0.472 e. The van der Waals surface area contributed by atoms with Crippen LogP contribution in [0.15, 0.2) is 26.8 Å². The predicted molar refractivity (Wildman–Crippen MR) is 125 cm³/mol. The van der Waals surface area contributed by atoms with Crippen molar-refractivity contribution in [3.8, 4) is 0 Å². The number of rotatable bonds is 8. The molecule has 2 aliphatic rings. The molecule has 2 saturated heterocycles. The minimum absolute atomic E-state index is 0.00632. The second-order valence-corrected chi connectivity index (χ2v) is 10.3. The van der Waals surface area contributed by atoms with E-state index in [1.165, 1.54) is 19.3 Å². The number of nitrogens with two attached hydrogens (primary N) is 1. The van der Waals surface area contributed by atoms with Gasteiger partial charge in [0.2, 0.25) is 0 Å². The summed E-state index contributed by atoms with van der Waals surface area (Å²) in [4.78, 5) is 52.0. The summed E-state index contributed by atoms with van der Waals surface area (Å²) in [5.74, 6) is 0.0675. The molecule has 0 radical (unpaired) electrons. The second-order valence-electron chi connectivity index (χ2n) is 8.87. The predicted octanol–water partition coefficient (Wildman–Crippen LogP) is -1.58. The highest BCUT2D eigenvalue weighted by Gasteiger charge is 2.43. The van der Waals surface area contributed by atoms with Crippen LogP contribution in [0.4, 0.5) is 5.82 Å². The molecule has 0 bridgehead atoms. The average molecular weight is 545 g/mol. The Morgan fingerprint density at radius 1 is 1.14 bits per heavy atom. The van der Waals surface area contributed by atoms with Gasteiger partial charge in [0.05, 0.1) is 19.3 Å². The van der Waals surface area contributed by atoms with Gasteiger partial charge in [0, 0.05) is 36.4 Å². The van der Waals surface area contributed by atoms with Gasteiger partial charge in [-0.3, -0.25) is 28.0 Å². The largest absolute Gasteiger partial charge is 0.472 e. The van der Waals surface area contributed by atoms with E-state index in [1.54, 1.807) is 6.92 Å². The van der Waals surface area contributed by atoms with Crippen molar-refractivity contribution in [3.63, 3.8) is 0 Å². The Labute approximate surface area is 208 Å². The van der Waals surface area contributed by atoms with Crippen LogP contribution in [0.25, 0.3) is 0 Å². The fourth-order valence-electron chi connectivity index (χ4n) is 4.14. The van der Waals surface area contributed by atoms with Gasteiger partial charge < -0.3 is 30.3 Å². The second kappa shape index (κ2) is 10.6. The fraction of sp³-hybridized carbons (Fsp3) is 0.600. The number of phosphoric acid groups is 1. The lowest BCUT2D eigenvalue weighted by atomic mass is 10.2. The third-order valence-electron chi connectivity index (χ3n) is 6.18. The van der Waals surface area contributed by atoms with Gasteiger partial charge in [-0.15, -0.1) is 0 Å². The molecule has 2 aromatic heterocycles. The number of aliphatic hydroxyl groups is 2. The van der Waals surface area contributed by atoms with Crippen molar-refractivity contribution in [1.82, 2.24) is 19.1 Å². The minimum Gasteiger partial charge on any atom is -0.394 e. The molecule has 16 nitrogen and oxygen atoms in total. The molecule has 4 heterocycles. The Bertz CT molecular complexity index is 1370. The van der Waals surface area contributed by atoms with E-state index < -0.39 is 74.8 Å². The number of H-pyrrole nitrogens is 1. The molecule has 204 valence electrons. The van der Waals surface area contributed by atoms with Crippen LogP contribution in [0.2, 0.25) is 0 Å². The number of aromatic nitrogens is 4. The number of aliphatic hydroxyl groups excluding tert-OH is 2. The molecule has 17 heteroatoms. The van der Waals surface area contributed by atoms with Crippen LogP contribution in [0.1, 0.15) is 36.4 Å². The summed E-state index contributed by atoms with van der Waals surface area (Å²) in [7, 11) is -4.76. The minimum atomic E-state index is -4.76. The van der Waals surface area contributed by atoms with Gasteiger partial charge in [0.25, 0.3) is 5.56 Å². The molecular weight excluding hydrogens is 517 g/mol. The number of hydrogen-bond donors (Lipinski definition) is 5. The average Bonchev–Trinajstić information content (AvgIpc) is 3.39. The fourth-order valence-corrected chi connectivity index (χ4v) is 5.10. The summed E-state index contributed by atoms with van der Waals surface area (Å²) in [6.45, 7) is 1.99. The number of aromatic amines is 1. The summed E-state index contributed by atoms with van der Waals surface area (Å²) >= 11 is 0. The van der Waals surface area contributed by atoms with Gasteiger partial charge >= 0.3 is 19.2 Å². The number of nitrogens with zero attached hydrogens (tertiary/aromatic N) is 3. The van der Waals surface area contributed by atoms with E-state index in [2.05, 4.69) is 9.97 Å². The highest BCUT2D eigenvalue weighted by Crippen LogP contribution is 2.48. The zero-order valence-corrected chi connectivity index (χ0v) is 20.8. The van der Waals surface area contributed by atoms with E-state index in [9.17, 15) is 34.1 Å². The van der Waals surface area contributed by atoms with E-state index in [-0.39, 0.29) is 24.2 Å². The molecule has 4 rings (SSSR count). The summed E-state index contributed by atoms with van der Waals surface area (Å²) in [5, 5.41) is 20.0. The van der Waals surface area contributed by atoms with Crippen LogP contribution >= 0.6 is 7.82 Å². The summed E-state index contributed by atoms with van der Waals surface area (Å²) in [6.07, 6.45) is -3.70. The number of nitrogen functional groups attached to an aromatic ring is 1. The van der Waals surface area contributed by atoms with Crippen LogP contribution < -0.4 is 22.7 Å². The number of hydrogen-bond acceptors (Lipinski definition) is 12. The van der Waals surface area contributed by atoms with Crippen LogP contribution in [0.5, 0.6) is 0 Å². The first-order valence-electron chi connectivity index (χ1n) is 11.3. The molecule has 1 unspecified atom stereocenters. The molecule has 2 aromatic rings. The molecule has 7 atom stereocenters. The van der Waals surface area contributed by atoms with Gasteiger partial charge in [-0.2, -0.15) is 4.98 Å². The van der Waals surface area contributed by atoms with Crippen LogP contribution in [0.3, 0.4) is 0 Å². The number of aryl methyl sites for hydroxylation is 2. The van der Waals surface area contributed by atoms with E-state index in [4.69, 9.17) is 24.3 Å². The molecular formula is C20H28N5O11P. The van der Waals surface area contributed by atoms with Crippen molar-refractivity contribution < 1.29 is 38.2 Å². The smallest absolute Gasteiger partial charge is 0.394 e. The van der Waals surface area contributed by atoms with Gasteiger partial charge in [0.15, 0.2) is 0 Å². The van der Waals surface area contributed by atoms with E-state index >= 15 is 0 Å². The summed E-state index contributed by atoms with van der Waals surface area (Å²) in [6, 6.07) is 0. The Kier molecular flexibility index (Phi) is 7.83. The number of phosphoric ester groups is 1. The molecule has 0 spiro atoms. The van der Waals surface area contributed by atoms with Gasteiger partial charge in [0.1, 0.15) is 36.6 Å². The summed E-state index contributed by atoms with van der Waals surface area (Å²) in [5.41, 5.74) is 4.39. The van der Waals surface area contributed by atoms with Crippen molar-refractivity contribution >= 4 is 13.6 Å². The van der Waals surface area contributed by atoms with E-state index in [0.29, 0.717) is 5.56 Å². The number of nitrogens with one attached hydrogen (secondary N) is 1. The van der Waals surface area contributed by atoms with Gasteiger partial charge in [-0.1, -0.05) is 0 Å². The highest BCUT2D eigenvalue weighted by atomic mass is 31.2. The van der Waals surface area contributed by atoms with E-state index in [1.807, 2.05) is 0 Å². The molecule has 37 heavy (non-hydrogen) atoms. The topological polar surface area (TPSA) is 230 Å². The Hall–Kier alpha value is -2.69. The lowest BCUT2D eigenvalue weighted by Gasteiger charge is -2.22. The quantitative estimate of drug-likeness (QED) is 0.236. The Morgan fingerprint density at radius 3 is 2.49 bits per heavy atom. The molecule has 2 aliphatic heterocycles. The molecule has 6 N–H and O–H groups in total. The standard InChI is InChI=1S/C20H28N5O11P/c1-9-5-24(19(29)22-17(9)21)15-3-11(27)14(35-15)8-33-37(31,32)36-12-4-16(34-13(12)7-26)25-6-10(2)18(28)23-20(25)30/h5-6,11-16,26-27H,3-4,7-8H2,1-2H3,(H,31,32)(H2,21,22,29)(H,23,28,30)/t11-,12-,13+,14+,15+,16+/m0/s1. The van der Waals surface area contributed by atoms with Crippen LogP contribution in [-0.2, 0) is 23.1 Å². The van der Waals surface area contributed by atoms with Crippen molar-refractivity contribution in [2.45, 2.75) is 63.6 Å². The third kappa shape index (κ3) is 5.91. The number of anilines is 1. The van der Waals surface area contributed by atoms with Gasteiger partial charge in [-0.05, 0) is 13.8 Å². The lowest BCUT2D eigenvalue weighted by molar-refractivity contribution is -0.0575. The van der Waals surface area contributed by atoms with E-state index in [0.717, 1.165) is 9.13 Å². The van der Waals surface area contributed by atoms with Crippen molar-refractivity contribution in [1.29, 1.82) is 0 Å². The van der Waals surface area contributed by atoms with Gasteiger partial charge in [-0.25, -0.2) is 14.2 Å². The normalized spacial score (nSPS) is 29.4. The Balaban J connectivity index is 1.39. The third-order valence-corrected chi connectivity index (χ3v) is 7.19. The van der Waals surface area contributed by atoms with Crippen molar-refractivity contribution in [3.05, 3.63) is 54.8 Å².